The highest BCUT2D eigenvalue weighted by molar-refractivity contribution is 5.86. The summed E-state index contributed by atoms with van der Waals surface area (Å²) in [5.41, 5.74) is 1.86. The van der Waals surface area contributed by atoms with Crippen LogP contribution in [-0.2, 0) is 11.2 Å². The van der Waals surface area contributed by atoms with Crippen molar-refractivity contribution in [1.82, 2.24) is 20.6 Å². The van der Waals surface area contributed by atoms with Gasteiger partial charge in [-0.2, -0.15) is 0 Å². The molecule has 0 fully saturated rings. The average molecular weight is 511 g/mol. The molecule has 4 N–H and O–H groups in total. The van der Waals surface area contributed by atoms with Gasteiger partial charge in [-0.25, -0.2) is 9.78 Å². The SMILES string of the molecule is CCCC(CCC)CN[C@@H](CC(C)C)C(=O)N[C@H](Cc1c[nH]c2ccccc12)c1nc(C(=O)O)c(C)o1. The van der Waals surface area contributed by atoms with E-state index in [9.17, 15) is 14.7 Å². The Morgan fingerprint density at radius 2 is 1.84 bits per heavy atom. The zero-order valence-corrected chi connectivity index (χ0v) is 22.8. The summed E-state index contributed by atoms with van der Waals surface area (Å²) in [7, 11) is 0. The number of H-pyrrole nitrogens is 1. The van der Waals surface area contributed by atoms with E-state index in [1.807, 2.05) is 30.5 Å². The number of carboxylic acids is 1. The van der Waals surface area contributed by atoms with E-state index in [2.05, 4.69) is 48.3 Å². The quantitative estimate of drug-likeness (QED) is 0.206. The van der Waals surface area contributed by atoms with Crippen LogP contribution < -0.4 is 10.6 Å². The minimum Gasteiger partial charge on any atom is -0.476 e. The van der Waals surface area contributed by atoms with E-state index in [1.54, 1.807) is 6.92 Å². The van der Waals surface area contributed by atoms with Gasteiger partial charge in [0, 0.05) is 23.5 Å². The van der Waals surface area contributed by atoms with Gasteiger partial charge in [0.15, 0.2) is 5.69 Å². The van der Waals surface area contributed by atoms with Crippen molar-refractivity contribution < 1.29 is 19.1 Å². The van der Waals surface area contributed by atoms with Crippen molar-refractivity contribution in [3.05, 3.63) is 53.4 Å². The third-order valence-corrected chi connectivity index (χ3v) is 6.80. The molecule has 2 atom stereocenters. The molecule has 0 bridgehead atoms. The van der Waals surface area contributed by atoms with Crippen LogP contribution in [0.4, 0.5) is 0 Å². The van der Waals surface area contributed by atoms with Crippen molar-refractivity contribution in [2.24, 2.45) is 11.8 Å². The molecule has 37 heavy (non-hydrogen) atoms. The van der Waals surface area contributed by atoms with Gasteiger partial charge in [0.2, 0.25) is 11.8 Å². The van der Waals surface area contributed by atoms with Crippen molar-refractivity contribution in [1.29, 1.82) is 0 Å². The number of aromatic amines is 1. The molecule has 3 aromatic rings. The molecular formula is C29H42N4O4. The zero-order valence-electron chi connectivity index (χ0n) is 22.8. The molecule has 0 spiro atoms. The predicted octanol–water partition coefficient (Wildman–Crippen LogP) is 5.78. The Bertz CT molecular complexity index is 1160. The van der Waals surface area contributed by atoms with Crippen LogP contribution in [-0.4, -0.2) is 39.5 Å². The summed E-state index contributed by atoms with van der Waals surface area (Å²) in [6.07, 6.45) is 7.53. The van der Waals surface area contributed by atoms with E-state index in [0.29, 0.717) is 24.7 Å². The van der Waals surface area contributed by atoms with Gasteiger partial charge in [-0.1, -0.05) is 58.7 Å². The van der Waals surface area contributed by atoms with Gasteiger partial charge < -0.3 is 25.1 Å². The maximum Gasteiger partial charge on any atom is 0.358 e. The number of rotatable bonds is 15. The number of amides is 1. The molecule has 0 unspecified atom stereocenters. The molecule has 8 nitrogen and oxygen atoms in total. The van der Waals surface area contributed by atoms with E-state index >= 15 is 0 Å². The highest BCUT2D eigenvalue weighted by Gasteiger charge is 2.29. The molecule has 0 aliphatic carbocycles. The first-order valence-electron chi connectivity index (χ1n) is 13.5. The Balaban J connectivity index is 1.86. The summed E-state index contributed by atoms with van der Waals surface area (Å²) < 4.78 is 5.79. The lowest BCUT2D eigenvalue weighted by Gasteiger charge is -2.25. The summed E-state index contributed by atoms with van der Waals surface area (Å²) in [5, 5.41) is 17.2. The Labute approximate surface area is 219 Å². The van der Waals surface area contributed by atoms with Gasteiger partial charge >= 0.3 is 5.97 Å². The molecular weight excluding hydrogens is 468 g/mol. The van der Waals surface area contributed by atoms with E-state index in [0.717, 1.165) is 48.7 Å². The number of aromatic nitrogens is 2. The number of fused-ring (bicyclic) bond motifs is 1. The number of nitrogens with zero attached hydrogens (tertiary/aromatic N) is 1. The van der Waals surface area contributed by atoms with Crippen LogP contribution in [0.25, 0.3) is 10.9 Å². The maximum atomic E-state index is 13.6. The van der Waals surface area contributed by atoms with E-state index in [-0.39, 0.29) is 29.3 Å². The lowest BCUT2D eigenvalue weighted by molar-refractivity contribution is -0.124. The maximum absolute atomic E-state index is 13.6. The number of para-hydroxylation sites is 1. The fourth-order valence-electron chi connectivity index (χ4n) is 4.99. The minimum absolute atomic E-state index is 0.127. The van der Waals surface area contributed by atoms with Gasteiger partial charge in [-0.15, -0.1) is 0 Å². The van der Waals surface area contributed by atoms with Gasteiger partial charge in [-0.05, 0) is 56.2 Å². The number of oxazole rings is 1. The Hall–Kier alpha value is -3.13. The second kappa shape index (κ2) is 13.4. The van der Waals surface area contributed by atoms with Gasteiger partial charge in [0.1, 0.15) is 11.8 Å². The van der Waals surface area contributed by atoms with Crippen molar-refractivity contribution >= 4 is 22.8 Å². The molecule has 2 aromatic heterocycles. The molecule has 0 saturated carbocycles. The molecule has 1 aromatic carbocycles. The van der Waals surface area contributed by atoms with Crippen LogP contribution in [0.1, 0.15) is 93.5 Å². The number of nitrogens with one attached hydrogen (secondary N) is 3. The average Bonchev–Trinajstić information content (AvgIpc) is 3.44. The first-order valence-corrected chi connectivity index (χ1v) is 13.5. The normalized spacial score (nSPS) is 13.4. The van der Waals surface area contributed by atoms with Crippen LogP contribution >= 0.6 is 0 Å². The summed E-state index contributed by atoms with van der Waals surface area (Å²) in [6.45, 7) is 11.0. The number of aromatic carboxylic acids is 1. The smallest absolute Gasteiger partial charge is 0.358 e. The van der Waals surface area contributed by atoms with Gasteiger partial charge in [-0.3, -0.25) is 4.79 Å². The molecule has 3 rings (SSSR count). The van der Waals surface area contributed by atoms with Crippen molar-refractivity contribution in [2.45, 2.75) is 85.2 Å². The second-order valence-electron chi connectivity index (χ2n) is 10.4. The third kappa shape index (κ3) is 7.68. The van der Waals surface area contributed by atoms with Crippen LogP contribution in [0.3, 0.4) is 0 Å². The van der Waals surface area contributed by atoms with Gasteiger partial charge in [0.05, 0.1) is 6.04 Å². The highest BCUT2D eigenvalue weighted by Crippen LogP contribution is 2.26. The molecule has 0 aliphatic rings. The van der Waals surface area contributed by atoms with E-state index in [1.165, 1.54) is 0 Å². The topological polar surface area (TPSA) is 120 Å². The number of benzene rings is 1. The fourth-order valence-corrected chi connectivity index (χ4v) is 4.99. The monoisotopic (exact) mass is 510 g/mol. The summed E-state index contributed by atoms with van der Waals surface area (Å²) in [5.74, 6) is 0.00631. The lowest BCUT2D eigenvalue weighted by Crippen LogP contribution is -2.47. The largest absolute Gasteiger partial charge is 0.476 e. The minimum atomic E-state index is -1.15. The van der Waals surface area contributed by atoms with E-state index < -0.39 is 12.0 Å². The highest BCUT2D eigenvalue weighted by atomic mass is 16.4. The Morgan fingerprint density at radius 3 is 2.46 bits per heavy atom. The lowest BCUT2D eigenvalue weighted by atomic mass is 9.96. The summed E-state index contributed by atoms with van der Waals surface area (Å²) >= 11 is 0. The van der Waals surface area contributed by atoms with Crippen LogP contribution in [0.5, 0.6) is 0 Å². The van der Waals surface area contributed by atoms with Crippen LogP contribution in [0, 0.1) is 18.8 Å². The Morgan fingerprint density at radius 1 is 1.14 bits per heavy atom. The van der Waals surface area contributed by atoms with Crippen molar-refractivity contribution in [3.8, 4) is 0 Å². The third-order valence-electron chi connectivity index (χ3n) is 6.80. The predicted molar refractivity (Wildman–Crippen MR) is 146 cm³/mol. The number of hydrogen-bond acceptors (Lipinski definition) is 5. The van der Waals surface area contributed by atoms with Crippen molar-refractivity contribution in [3.63, 3.8) is 0 Å². The first-order chi connectivity index (χ1) is 17.7. The van der Waals surface area contributed by atoms with E-state index in [4.69, 9.17) is 4.42 Å². The zero-order chi connectivity index (χ0) is 26.9. The molecule has 1 amide bonds. The molecule has 0 saturated heterocycles. The van der Waals surface area contributed by atoms with Crippen molar-refractivity contribution in [2.75, 3.05) is 6.54 Å². The second-order valence-corrected chi connectivity index (χ2v) is 10.4. The summed E-state index contributed by atoms with van der Waals surface area (Å²) in [4.78, 5) is 32.8. The molecule has 2 heterocycles. The number of carbonyl (C=O) groups is 2. The fraction of sp³-hybridized carbons (Fsp3) is 0.552. The number of carbonyl (C=O) groups excluding carboxylic acids is 1. The Kier molecular flexibility index (Phi) is 10.3. The van der Waals surface area contributed by atoms with Crippen LogP contribution in [0.15, 0.2) is 34.9 Å². The molecule has 8 heteroatoms. The first kappa shape index (κ1) is 28.4. The van der Waals surface area contributed by atoms with Gasteiger partial charge in [0.25, 0.3) is 0 Å². The molecule has 0 aliphatic heterocycles. The molecule has 202 valence electrons. The number of aryl methyl sites for hydroxylation is 1. The van der Waals surface area contributed by atoms with Crippen LogP contribution in [0.2, 0.25) is 0 Å². The number of hydrogen-bond donors (Lipinski definition) is 4. The summed E-state index contributed by atoms with van der Waals surface area (Å²) in [6, 6.07) is 6.97. The molecule has 0 radical (unpaired) electrons. The standard InChI is InChI=1S/C29H42N4O4/c1-6-10-20(11-7-2)16-30-24(14-18(3)4)27(34)32-25(28-33-26(29(35)36)19(5)37-28)15-21-17-31-23-13-9-8-12-22(21)23/h8-9,12-13,17-18,20,24-25,30-31H,6-7,10-11,14-16H2,1-5H3,(H,32,34)(H,35,36)/t24-,25+/m0/s1. The number of carboxylic acid groups (broad SMARTS) is 1.